The Bertz CT molecular complexity index is 1210. The lowest BCUT2D eigenvalue weighted by Crippen LogP contribution is -2.68. The van der Waals surface area contributed by atoms with Crippen molar-refractivity contribution in [2.75, 3.05) is 33.0 Å². The lowest BCUT2D eigenvalue weighted by molar-refractivity contribution is -0.409. The van der Waals surface area contributed by atoms with Crippen molar-refractivity contribution in [1.82, 2.24) is 0 Å². The summed E-state index contributed by atoms with van der Waals surface area (Å²) in [5, 5.41) is 177. The molecule has 0 aromatic carbocycles. The van der Waals surface area contributed by atoms with Gasteiger partial charge in [-0.05, 0) is 0 Å². The second-order valence-corrected chi connectivity index (χ2v) is 13.9. The highest BCUT2D eigenvalue weighted by Gasteiger charge is 2.57. The highest BCUT2D eigenvalue weighted by Crippen LogP contribution is 2.36. The van der Waals surface area contributed by atoms with Gasteiger partial charge in [-0.15, -0.1) is 0 Å². The van der Waals surface area contributed by atoms with Crippen molar-refractivity contribution in [3.8, 4) is 0 Å². The maximum atomic E-state index is 11.3. The molecule has 25 atom stereocenters. The maximum Gasteiger partial charge on any atom is 0.187 e. The molecule has 328 valence electrons. The Balaban J connectivity index is 1.41. The van der Waals surface area contributed by atoms with E-state index < -0.39 is 187 Å². The van der Waals surface area contributed by atoms with Crippen LogP contribution in [0.15, 0.2) is 0 Å². The molecule has 0 aromatic heterocycles. The summed E-state index contributed by atoms with van der Waals surface area (Å²) >= 11 is 0. The molecular formula is C30H52O26. The van der Waals surface area contributed by atoms with Gasteiger partial charge < -0.3 is 129 Å². The zero-order chi connectivity index (χ0) is 41.3. The normalized spacial score (nSPS) is 53.2. The third kappa shape index (κ3) is 9.16. The van der Waals surface area contributed by atoms with E-state index in [2.05, 4.69) is 0 Å². The van der Waals surface area contributed by atoms with E-state index in [1.165, 1.54) is 0 Å². The second kappa shape index (κ2) is 19.6. The Morgan fingerprint density at radius 3 is 1.02 bits per heavy atom. The van der Waals surface area contributed by atoms with Crippen molar-refractivity contribution in [3.05, 3.63) is 0 Å². The molecule has 0 aliphatic carbocycles. The van der Waals surface area contributed by atoms with E-state index >= 15 is 0 Å². The first-order valence-corrected chi connectivity index (χ1v) is 17.6. The molecule has 5 rings (SSSR count). The molecule has 26 nitrogen and oxygen atoms in total. The first-order valence-electron chi connectivity index (χ1n) is 17.6. The number of hydrogen-bond donors (Lipinski definition) is 17. The molecule has 0 aromatic rings. The molecule has 5 fully saturated rings. The van der Waals surface area contributed by atoms with Gasteiger partial charge in [0.15, 0.2) is 31.5 Å². The van der Waals surface area contributed by atoms with Gasteiger partial charge in [0.2, 0.25) is 0 Å². The van der Waals surface area contributed by atoms with Crippen molar-refractivity contribution in [1.29, 1.82) is 0 Å². The minimum Gasteiger partial charge on any atom is -0.394 e. The molecule has 1 unspecified atom stereocenters. The molecule has 5 saturated heterocycles. The lowest BCUT2D eigenvalue weighted by Gasteiger charge is -2.50. The van der Waals surface area contributed by atoms with Crippen LogP contribution in [0.5, 0.6) is 0 Å². The SMILES string of the molecule is OC[C@H]1O[C@H](O[C@@H]2[C@H](O)[C@@H](O[C@@H]3[C@@H](O[C@@H]4[C@@H](O[C@@H]5C(O)O[C@H](CO)[C@@H](O)[C@@H]5O)O[C@H](CO)[C@@H](O)[C@@H]4O)O[C@H](CO)[C@@H](O)[C@@H]3O)O[C@H](CO)[C@H]2O)[C@@H](O)[C@@H](O)[C@@H]1O. The van der Waals surface area contributed by atoms with Gasteiger partial charge in [-0.1, -0.05) is 0 Å². The molecule has 0 radical (unpaired) electrons. The monoisotopic (exact) mass is 828 g/mol. The maximum absolute atomic E-state index is 11.3. The van der Waals surface area contributed by atoms with E-state index in [1.807, 2.05) is 0 Å². The summed E-state index contributed by atoms with van der Waals surface area (Å²) < 4.78 is 49.8. The van der Waals surface area contributed by atoms with Crippen LogP contribution in [0, 0.1) is 0 Å². The Morgan fingerprint density at radius 2 is 0.571 bits per heavy atom. The van der Waals surface area contributed by atoms with Crippen LogP contribution in [-0.2, 0) is 42.6 Å². The van der Waals surface area contributed by atoms with Crippen LogP contribution in [0.25, 0.3) is 0 Å². The van der Waals surface area contributed by atoms with E-state index in [0.29, 0.717) is 0 Å². The van der Waals surface area contributed by atoms with Crippen LogP contribution >= 0.6 is 0 Å². The standard InChI is InChI=1S/C30H52O26/c31-1-6-12(37)17(42)23(26(47)48-6)54-29-25(19(44)14(39)8(3-33)51-29)56-30-24(18(43)13(38)9(4-34)52-30)55-28-21(46)22(15(40)10(5-35)50-28)53-27-20(45)16(41)11(36)7(2-32)49-27/h6-47H,1-5H2/t6-,7-,8-,9-,10-,11-,12-,13-,14-,15-,16+,17+,18+,19+,20+,21+,22+,23+,24+,25+,26?,27-,28-,29-,30-/m1/s1. The zero-order valence-corrected chi connectivity index (χ0v) is 29.2. The molecule has 0 spiro atoms. The molecule has 0 bridgehead atoms. The van der Waals surface area contributed by atoms with Crippen LogP contribution in [0.3, 0.4) is 0 Å². The summed E-state index contributed by atoms with van der Waals surface area (Å²) in [6.45, 7) is -4.58. The highest BCUT2D eigenvalue weighted by molar-refractivity contribution is 4.98. The van der Waals surface area contributed by atoms with Gasteiger partial charge in [0.05, 0.1) is 33.0 Å². The van der Waals surface area contributed by atoms with Crippen LogP contribution in [0.1, 0.15) is 0 Å². The third-order valence-corrected chi connectivity index (χ3v) is 10.3. The van der Waals surface area contributed by atoms with Gasteiger partial charge in [0.25, 0.3) is 0 Å². The first-order chi connectivity index (χ1) is 26.5. The van der Waals surface area contributed by atoms with E-state index in [-0.39, 0.29) is 0 Å². The van der Waals surface area contributed by atoms with Crippen molar-refractivity contribution >= 4 is 0 Å². The van der Waals surface area contributed by atoms with Gasteiger partial charge >= 0.3 is 0 Å². The summed E-state index contributed by atoms with van der Waals surface area (Å²) in [7, 11) is 0. The highest BCUT2D eigenvalue weighted by atomic mass is 16.8. The fourth-order valence-corrected chi connectivity index (χ4v) is 6.97. The van der Waals surface area contributed by atoms with Gasteiger partial charge in [-0.3, -0.25) is 0 Å². The van der Waals surface area contributed by atoms with Crippen molar-refractivity contribution in [3.63, 3.8) is 0 Å². The smallest absolute Gasteiger partial charge is 0.187 e. The fraction of sp³-hybridized carbons (Fsp3) is 1.00. The number of aliphatic hydroxyl groups excluding tert-OH is 17. The first kappa shape index (κ1) is 46.0. The molecule has 0 saturated carbocycles. The Hall–Kier alpha value is -1.04. The third-order valence-electron chi connectivity index (χ3n) is 10.3. The van der Waals surface area contributed by atoms with Crippen LogP contribution in [0.2, 0.25) is 0 Å². The number of ether oxygens (including phenoxy) is 9. The topological polar surface area (TPSA) is 427 Å². The zero-order valence-electron chi connectivity index (χ0n) is 29.2. The minimum absolute atomic E-state index is 0.830. The number of rotatable bonds is 13. The summed E-state index contributed by atoms with van der Waals surface area (Å²) in [5.74, 6) is 0. The molecule has 56 heavy (non-hydrogen) atoms. The summed E-state index contributed by atoms with van der Waals surface area (Å²) in [4.78, 5) is 0. The lowest BCUT2D eigenvalue weighted by atomic mass is 9.95. The van der Waals surface area contributed by atoms with Gasteiger partial charge in [0, 0.05) is 0 Å². The van der Waals surface area contributed by atoms with E-state index in [9.17, 15) is 86.8 Å². The average molecular weight is 829 g/mol. The van der Waals surface area contributed by atoms with Gasteiger partial charge in [-0.2, -0.15) is 0 Å². The fourth-order valence-electron chi connectivity index (χ4n) is 6.97. The number of hydrogen-bond acceptors (Lipinski definition) is 26. The molecule has 17 N–H and O–H groups in total. The predicted octanol–water partition coefficient (Wildman–Crippen LogP) is -11.9. The predicted molar refractivity (Wildman–Crippen MR) is 167 cm³/mol. The molecule has 5 aliphatic rings. The Morgan fingerprint density at radius 1 is 0.268 bits per heavy atom. The summed E-state index contributed by atoms with van der Waals surface area (Å²) in [5.41, 5.74) is 0. The molecular weight excluding hydrogens is 776 g/mol. The summed E-state index contributed by atoms with van der Waals surface area (Å²) in [6, 6.07) is 0. The summed E-state index contributed by atoms with van der Waals surface area (Å²) in [6.07, 6.45) is -47.8. The van der Waals surface area contributed by atoms with Crippen molar-refractivity contribution in [2.24, 2.45) is 0 Å². The van der Waals surface area contributed by atoms with Crippen LogP contribution in [-0.4, -0.2) is 273 Å². The van der Waals surface area contributed by atoms with Crippen LogP contribution < -0.4 is 0 Å². The van der Waals surface area contributed by atoms with E-state index in [0.717, 1.165) is 0 Å². The largest absolute Gasteiger partial charge is 0.394 e. The van der Waals surface area contributed by atoms with Crippen molar-refractivity contribution < 1.29 is 129 Å². The Kier molecular flexibility index (Phi) is 16.1. The minimum atomic E-state index is -2.17. The second-order valence-electron chi connectivity index (χ2n) is 13.9. The molecule has 5 aliphatic heterocycles. The van der Waals surface area contributed by atoms with E-state index in [1.54, 1.807) is 0 Å². The number of aliphatic hydroxyl groups is 17. The molecule has 26 heteroatoms. The Labute approximate surface area is 316 Å². The van der Waals surface area contributed by atoms with Crippen molar-refractivity contribution in [2.45, 2.75) is 154 Å². The van der Waals surface area contributed by atoms with E-state index in [4.69, 9.17) is 42.6 Å². The van der Waals surface area contributed by atoms with Crippen LogP contribution in [0.4, 0.5) is 0 Å². The quantitative estimate of drug-likeness (QED) is 0.0819. The molecule has 0 amide bonds. The van der Waals surface area contributed by atoms with Gasteiger partial charge in [0.1, 0.15) is 122 Å². The molecule has 5 heterocycles. The average Bonchev–Trinajstić information content (AvgIpc) is 3.18. The van der Waals surface area contributed by atoms with Gasteiger partial charge in [-0.25, -0.2) is 0 Å².